The van der Waals surface area contributed by atoms with E-state index in [4.69, 9.17) is 4.74 Å². The van der Waals surface area contributed by atoms with E-state index < -0.39 is 34.4 Å². The van der Waals surface area contributed by atoms with Crippen LogP contribution >= 0.6 is 15.9 Å². The number of hydrogen-bond donors (Lipinski definition) is 2. The summed E-state index contributed by atoms with van der Waals surface area (Å²) in [5.74, 6) is -0.794. The van der Waals surface area contributed by atoms with Gasteiger partial charge in [0.05, 0.1) is 22.0 Å². The fourth-order valence-corrected chi connectivity index (χ4v) is 3.80. The Hall–Kier alpha value is -4.58. The molecule has 0 atom stereocenters. The maximum atomic E-state index is 12.7. The lowest BCUT2D eigenvalue weighted by molar-refractivity contribution is -0.385. The Balaban J connectivity index is 1.67. The summed E-state index contributed by atoms with van der Waals surface area (Å²) in [7, 11) is 0. The van der Waals surface area contributed by atoms with E-state index in [1.54, 1.807) is 30.3 Å². The summed E-state index contributed by atoms with van der Waals surface area (Å²) in [5.41, 5.74) is 0.0710. The van der Waals surface area contributed by atoms with Gasteiger partial charge in [-0.3, -0.25) is 19.7 Å². The lowest BCUT2D eigenvalue weighted by Crippen LogP contribution is -2.32. The average molecular weight is 552 g/mol. The monoisotopic (exact) mass is 551 g/mol. The van der Waals surface area contributed by atoms with E-state index in [-0.39, 0.29) is 16.7 Å². The van der Waals surface area contributed by atoms with Gasteiger partial charge in [0, 0.05) is 21.8 Å². The lowest BCUT2D eigenvalue weighted by atomic mass is 10.2. The summed E-state index contributed by atoms with van der Waals surface area (Å²) in [6.45, 7) is 1.37. The Morgan fingerprint density at radius 1 is 1.19 bits per heavy atom. The number of nitro benzene ring substituents is 1. The van der Waals surface area contributed by atoms with E-state index >= 15 is 0 Å². The molecule has 0 aliphatic rings. The van der Waals surface area contributed by atoms with Gasteiger partial charge in [0.1, 0.15) is 0 Å². The van der Waals surface area contributed by atoms with E-state index in [9.17, 15) is 24.5 Å². The number of anilines is 1. The van der Waals surface area contributed by atoms with Crippen LogP contribution in [0.25, 0.3) is 10.9 Å². The van der Waals surface area contributed by atoms with Crippen molar-refractivity contribution in [3.8, 4) is 5.75 Å². The number of halogens is 1. The van der Waals surface area contributed by atoms with Gasteiger partial charge in [0.2, 0.25) is 5.75 Å². The molecule has 0 unspecified atom stereocenters. The van der Waals surface area contributed by atoms with Crippen LogP contribution in [-0.4, -0.2) is 33.3 Å². The van der Waals surface area contributed by atoms with Crippen LogP contribution in [0.4, 0.5) is 11.4 Å². The Bertz CT molecular complexity index is 1630. The van der Waals surface area contributed by atoms with Crippen molar-refractivity contribution in [2.45, 2.75) is 6.92 Å². The quantitative estimate of drug-likeness (QED) is 0.204. The zero-order valence-electron chi connectivity index (χ0n) is 18.7. The van der Waals surface area contributed by atoms with Gasteiger partial charge in [-0.2, -0.15) is 5.10 Å². The van der Waals surface area contributed by atoms with Crippen LogP contribution in [0.5, 0.6) is 5.75 Å². The highest BCUT2D eigenvalue weighted by atomic mass is 79.9. The second-order valence-corrected chi connectivity index (χ2v) is 8.56. The van der Waals surface area contributed by atoms with Crippen LogP contribution in [0.3, 0.4) is 0 Å². The molecule has 11 nitrogen and oxygen atoms in total. The Morgan fingerprint density at radius 3 is 2.64 bits per heavy atom. The van der Waals surface area contributed by atoms with Crippen molar-refractivity contribution in [2.75, 3.05) is 11.9 Å². The number of H-pyrrole nitrogens is 1. The molecule has 12 heteroatoms. The fourth-order valence-electron chi connectivity index (χ4n) is 3.34. The first-order valence-corrected chi connectivity index (χ1v) is 11.3. The standard InChI is InChI=1S/C24H18BrN5O6/c1-14-6-8-17(9-7-14)27-21(31)13-36-22-15(10-16(25)11-20(22)30(34)35)12-26-29-23(32)18-4-2-3-5-19(18)28-24(29)33/h2-12H,13H2,1H3,(H,27,31)(H,28,33). The topological polar surface area (TPSA) is 149 Å². The normalized spacial score (nSPS) is 11.1. The molecule has 0 fully saturated rings. The number of aryl methyl sites for hydroxylation is 1. The van der Waals surface area contributed by atoms with Gasteiger partial charge in [0.15, 0.2) is 6.61 Å². The van der Waals surface area contributed by atoms with Crippen LogP contribution < -0.4 is 21.3 Å². The molecule has 4 rings (SSSR count). The number of ether oxygens (including phenoxy) is 1. The molecule has 3 aromatic carbocycles. The molecule has 0 aliphatic heterocycles. The van der Waals surface area contributed by atoms with Gasteiger partial charge in [-0.05, 0) is 37.3 Å². The van der Waals surface area contributed by atoms with Crippen LogP contribution in [0, 0.1) is 17.0 Å². The molecule has 0 saturated carbocycles. The van der Waals surface area contributed by atoms with Gasteiger partial charge >= 0.3 is 11.4 Å². The maximum Gasteiger partial charge on any atom is 0.349 e. The number of rotatable bonds is 7. The third-order valence-electron chi connectivity index (χ3n) is 5.04. The summed E-state index contributed by atoms with van der Waals surface area (Å²) < 4.78 is 6.45. The second kappa shape index (κ2) is 10.4. The largest absolute Gasteiger partial charge is 0.476 e. The number of amides is 1. The van der Waals surface area contributed by atoms with Crippen molar-refractivity contribution in [2.24, 2.45) is 5.10 Å². The highest BCUT2D eigenvalue weighted by Crippen LogP contribution is 2.34. The summed E-state index contributed by atoms with van der Waals surface area (Å²) in [6, 6.07) is 16.2. The molecule has 0 saturated heterocycles. The van der Waals surface area contributed by atoms with E-state index in [0.29, 0.717) is 20.4 Å². The van der Waals surface area contributed by atoms with Gasteiger partial charge < -0.3 is 15.0 Å². The number of carbonyl (C=O) groups is 1. The van der Waals surface area contributed by atoms with E-state index in [1.165, 1.54) is 18.2 Å². The minimum Gasteiger partial charge on any atom is -0.476 e. The Morgan fingerprint density at radius 2 is 1.92 bits per heavy atom. The van der Waals surface area contributed by atoms with Gasteiger partial charge in [-0.1, -0.05) is 45.8 Å². The van der Waals surface area contributed by atoms with Crippen molar-refractivity contribution in [3.05, 3.63) is 107 Å². The van der Waals surface area contributed by atoms with Crippen molar-refractivity contribution in [3.63, 3.8) is 0 Å². The second-order valence-electron chi connectivity index (χ2n) is 7.64. The molecule has 0 radical (unpaired) electrons. The van der Waals surface area contributed by atoms with Crippen LogP contribution in [0.1, 0.15) is 11.1 Å². The molecule has 1 aromatic heterocycles. The van der Waals surface area contributed by atoms with Crippen molar-refractivity contribution in [1.29, 1.82) is 0 Å². The molecular weight excluding hydrogens is 534 g/mol. The highest BCUT2D eigenvalue weighted by Gasteiger charge is 2.21. The number of nitrogens with one attached hydrogen (secondary N) is 2. The number of nitrogens with zero attached hydrogens (tertiary/aromatic N) is 3. The molecule has 0 aliphatic carbocycles. The summed E-state index contributed by atoms with van der Waals surface area (Å²) in [5, 5.41) is 18.5. The number of para-hydroxylation sites is 1. The molecule has 182 valence electrons. The number of nitro groups is 1. The molecule has 1 heterocycles. The van der Waals surface area contributed by atoms with Crippen LogP contribution in [0.15, 0.2) is 79.8 Å². The number of carbonyl (C=O) groups excluding carboxylic acids is 1. The molecule has 0 spiro atoms. The van der Waals surface area contributed by atoms with Crippen molar-refractivity contribution >= 4 is 50.3 Å². The number of aromatic amines is 1. The number of benzene rings is 3. The molecule has 0 bridgehead atoms. The van der Waals surface area contributed by atoms with Gasteiger partial charge in [-0.25, -0.2) is 4.79 Å². The van der Waals surface area contributed by atoms with Crippen LogP contribution in [-0.2, 0) is 4.79 Å². The van der Waals surface area contributed by atoms with Gasteiger partial charge in [0.25, 0.3) is 11.5 Å². The maximum absolute atomic E-state index is 12.7. The third-order valence-corrected chi connectivity index (χ3v) is 5.50. The first-order valence-electron chi connectivity index (χ1n) is 10.5. The first kappa shape index (κ1) is 24.5. The molecular formula is C24H18BrN5O6. The minimum atomic E-state index is -0.792. The first-order chi connectivity index (χ1) is 17.2. The smallest absolute Gasteiger partial charge is 0.349 e. The predicted molar refractivity (Wildman–Crippen MR) is 138 cm³/mol. The van der Waals surface area contributed by atoms with Gasteiger partial charge in [-0.15, -0.1) is 4.68 Å². The predicted octanol–water partition coefficient (Wildman–Crippen LogP) is 3.57. The van der Waals surface area contributed by atoms with Crippen LogP contribution in [0.2, 0.25) is 0 Å². The Kier molecular flexibility index (Phi) is 7.06. The average Bonchev–Trinajstić information content (AvgIpc) is 2.84. The van der Waals surface area contributed by atoms with E-state index in [0.717, 1.165) is 11.8 Å². The number of fused-ring (bicyclic) bond motifs is 1. The lowest BCUT2D eigenvalue weighted by Gasteiger charge is -2.11. The molecule has 2 N–H and O–H groups in total. The summed E-state index contributed by atoms with van der Waals surface area (Å²) in [6.07, 6.45) is 1.08. The fraction of sp³-hybridized carbons (Fsp3) is 0.0833. The number of hydrogen-bond acceptors (Lipinski definition) is 7. The summed E-state index contributed by atoms with van der Waals surface area (Å²) >= 11 is 3.20. The molecule has 4 aromatic rings. The zero-order chi connectivity index (χ0) is 25.8. The Labute approximate surface area is 211 Å². The zero-order valence-corrected chi connectivity index (χ0v) is 20.3. The van der Waals surface area contributed by atoms with Crippen molar-refractivity contribution in [1.82, 2.24) is 9.66 Å². The number of aromatic nitrogens is 2. The minimum absolute atomic E-state index is 0.0682. The molecule has 1 amide bonds. The van der Waals surface area contributed by atoms with E-state index in [1.807, 2.05) is 19.1 Å². The SMILES string of the molecule is Cc1ccc(NC(=O)COc2c(C=Nn3c(=O)[nH]c4ccccc4c3=O)cc(Br)cc2[N+](=O)[O-])cc1. The summed E-state index contributed by atoms with van der Waals surface area (Å²) in [4.78, 5) is 51.1. The van der Waals surface area contributed by atoms with E-state index in [2.05, 4.69) is 31.3 Å². The highest BCUT2D eigenvalue weighted by molar-refractivity contribution is 9.10. The third kappa shape index (κ3) is 5.39. The molecule has 36 heavy (non-hydrogen) atoms. The van der Waals surface area contributed by atoms with Crippen molar-refractivity contribution < 1.29 is 14.5 Å².